The van der Waals surface area contributed by atoms with Gasteiger partial charge in [0.05, 0.1) is 11.3 Å². The molecule has 0 heterocycles. The van der Waals surface area contributed by atoms with Gasteiger partial charge in [-0.2, -0.15) is 0 Å². The molecule has 6 heteroatoms. The topological polar surface area (TPSA) is 69.4 Å². The van der Waals surface area contributed by atoms with Gasteiger partial charge in [-0.05, 0) is 24.3 Å². The number of thioether (sulfide) groups is 1. The molecule has 4 nitrogen and oxygen atoms in total. The van der Waals surface area contributed by atoms with Crippen molar-refractivity contribution >= 4 is 23.6 Å². The first-order valence-electron chi connectivity index (χ1n) is 6.05. The molecule has 0 unspecified atom stereocenters. The van der Waals surface area contributed by atoms with Crippen LogP contribution in [0, 0.1) is 5.82 Å². The summed E-state index contributed by atoms with van der Waals surface area (Å²) >= 11 is 1.13. The van der Waals surface area contributed by atoms with E-state index in [0.717, 1.165) is 11.8 Å². The van der Waals surface area contributed by atoms with Gasteiger partial charge in [0.25, 0.3) is 0 Å². The zero-order chi connectivity index (χ0) is 15.2. The highest BCUT2D eigenvalue weighted by Crippen LogP contribution is 2.24. The Labute approximate surface area is 125 Å². The van der Waals surface area contributed by atoms with Gasteiger partial charge < -0.3 is 10.5 Å². The second kappa shape index (κ2) is 6.90. The molecule has 108 valence electrons. The van der Waals surface area contributed by atoms with Crippen LogP contribution in [0.5, 0.6) is 5.75 Å². The van der Waals surface area contributed by atoms with E-state index in [9.17, 15) is 14.0 Å². The lowest BCUT2D eigenvalue weighted by Crippen LogP contribution is -2.14. The molecule has 0 aromatic heterocycles. The van der Waals surface area contributed by atoms with Gasteiger partial charge in [0, 0.05) is 4.90 Å². The first-order valence-corrected chi connectivity index (χ1v) is 7.03. The van der Waals surface area contributed by atoms with Crippen LogP contribution >= 0.6 is 11.8 Å². The largest absolute Gasteiger partial charge is 0.420 e. The number of esters is 1. The summed E-state index contributed by atoms with van der Waals surface area (Å²) in [5.41, 5.74) is 5.34. The number of carbonyl (C=O) groups is 2. The van der Waals surface area contributed by atoms with Crippen LogP contribution in [0.25, 0.3) is 0 Å². The smallest absolute Gasteiger partial charge is 0.344 e. The van der Waals surface area contributed by atoms with Gasteiger partial charge in [-0.3, -0.25) is 4.79 Å². The average Bonchev–Trinajstić information content (AvgIpc) is 2.47. The summed E-state index contributed by atoms with van der Waals surface area (Å²) in [6, 6.07) is 12.2. The predicted octanol–water partition coefficient (Wildman–Crippen LogP) is 2.62. The zero-order valence-electron chi connectivity index (χ0n) is 10.9. The lowest BCUT2D eigenvalue weighted by molar-refractivity contribution is -0.115. The highest BCUT2D eigenvalue weighted by atomic mass is 32.2. The fourth-order valence-electron chi connectivity index (χ4n) is 1.59. The summed E-state index contributed by atoms with van der Waals surface area (Å²) in [5.74, 6) is -1.89. The fraction of sp³-hybridized carbons (Fsp3) is 0.0667. The van der Waals surface area contributed by atoms with Crippen molar-refractivity contribution in [1.29, 1.82) is 0 Å². The van der Waals surface area contributed by atoms with Crippen molar-refractivity contribution in [2.45, 2.75) is 4.90 Å². The van der Waals surface area contributed by atoms with E-state index in [4.69, 9.17) is 10.5 Å². The van der Waals surface area contributed by atoms with E-state index in [1.54, 1.807) is 30.3 Å². The minimum atomic E-state index is -0.687. The molecule has 2 N–H and O–H groups in total. The molecule has 0 bridgehead atoms. The van der Waals surface area contributed by atoms with Crippen molar-refractivity contribution in [1.82, 2.24) is 0 Å². The highest BCUT2D eigenvalue weighted by Gasteiger charge is 2.15. The first-order chi connectivity index (χ1) is 10.1. The van der Waals surface area contributed by atoms with Gasteiger partial charge >= 0.3 is 5.97 Å². The Morgan fingerprint density at radius 1 is 1.10 bits per heavy atom. The molecule has 2 aromatic rings. The van der Waals surface area contributed by atoms with Gasteiger partial charge in [-0.1, -0.05) is 24.3 Å². The minimum Gasteiger partial charge on any atom is -0.420 e. The molecule has 0 saturated carbocycles. The van der Waals surface area contributed by atoms with Crippen LogP contribution in [-0.2, 0) is 4.79 Å². The summed E-state index contributed by atoms with van der Waals surface area (Å²) in [6.07, 6.45) is 0. The molecule has 1 amide bonds. The lowest BCUT2D eigenvalue weighted by atomic mass is 10.2. The Kier molecular flexibility index (Phi) is 4.94. The third-order valence-corrected chi connectivity index (χ3v) is 3.61. The maximum absolute atomic E-state index is 13.5. The molecule has 0 atom stereocenters. The number of rotatable bonds is 5. The Morgan fingerprint density at radius 3 is 2.48 bits per heavy atom. The highest BCUT2D eigenvalue weighted by molar-refractivity contribution is 8.00. The molecule has 0 saturated heterocycles. The number of nitrogens with two attached hydrogens (primary N) is 1. The summed E-state index contributed by atoms with van der Waals surface area (Å²) in [4.78, 5) is 23.5. The van der Waals surface area contributed by atoms with Crippen molar-refractivity contribution in [3.8, 4) is 5.75 Å². The standard InChI is InChI=1S/C15H12FNO3S/c16-11-6-2-3-7-12(11)20-15(19)10-5-1-4-8-13(10)21-9-14(17)18/h1-8H,9H2,(H2,17,18). The van der Waals surface area contributed by atoms with Gasteiger partial charge in [-0.15, -0.1) is 11.8 Å². The molecule has 0 aliphatic heterocycles. The third kappa shape index (κ3) is 4.06. The number of halogens is 1. The summed E-state index contributed by atoms with van der Waals surface area (Å²) in [5, 5.41) is 0. The quantitative estimate of drug-likeness (QED) is 0.524. The van der Waals surface area contributed by atoms with E-state index in [2.05, 4.69) is 0 Å². The molecule has 2 rings (SSSR count). The number of hydrogen-bond acceptors (Lipinski definition) is 4. The number of carbonyl (C=O) groups excluding carboxylic acids is 2. The average molecular weight is 305 g/mol. The minimum absolute atomic E-state index is 0.0456. The maximum atomic E-state index is 13.5. The fourth-order valence-corrected chi connectivity index (χ4v) is 2.37. The summed E-state index contributed by atoms with van der Waals surface area (Å²) in [6.45, 7) is 0. The second-order valence-corrected chi connectivity index (χ2v) is 5.09. The summed E-state index contributed by atoms with van der Waals surface area (Å²) < 4.78 is 18.5. The third-order valence-electron chi connectivity index (χ3n) is 2.52. The number of para-hydroxylation sites is 1. The Morgan fingerprint density at radius 2 is 1.76 bits per heavy atom. The Hall–Kier alpha value is -2.34. The molecule has 0 aliphatic rings. The molecular formula is C15H12FNO3S. The van der Waals surface area contributed by atoms with Crippen molar-refractivity contribution in [2.24, 2.45) is 5.73 Å². The van der Waals surface area contributed by atoms with Gasteiger partial charge in [0.2, 0.25) is 5.91 Å². The zero-order valence-corrected chi connectivity index (χ0v) is 11.7. The van der Waals surface area contributed by atoms with Crippen molar-refractivity contribution in [3.63, 3.8) is 0 Å². The summed E-state index contributed by atoms with van der Waals surface area (Å²) in [7, 11) is 0. The molecule has 2 aromatic carbocycles. The van der Waals surface area contributed by atoms with E-state index in [0.29, 0.717) is 4.90 Å². The number of ether oxygens (including phenoxy) is 1. The van der Waals surface area contributed by atoms with Crippen molar-refractivity contribution in [3.05, 3.63) is 59.9 Å². The molecule has 0 fully saturated rings. The van der Waals surface area contributed by atoms with Crippen molar-refractivity contribution in [2.75, 3.05) is 5.75 Å². The first kappa shape index (κ1) is 15.1. The lowest BCUT2D eigenvalue weighted by Gasteiger charge is -2.08. The van der Waals surface area contributed by atoms with E-state index < -0.39 is 17.7 Å². The van der Waals surface area contributed by atoms with E-state index >= 15 is 0 Å². The molecule has 21 heavy (non-hydrogen) atoms. The van der Waals surface area contributed by atoms with Gasteiger partial charge in [0.15, 0.2) is 11.6 Å². The molecular weight excluding hydrogens is 293 g/mol. The van der Waals surface area contributed by atoms with Crippen molar-refractivity contribution < 1.29 is 18.7 Å². The van der Waals surface area contributed by atoms with Crippen LogP contribution in [-0.4, -0.2) is 17.6 Å². The van der Waals surface area contributed by atoms with Crippen LogP contribution < -0.4 is 10.5 Å². The number of amides is 1. The van der Waals surface area contributed by atoms with Crippen LogP contribution in [0.15, 0.2) is 53.4 Å². The molecule has 0 aliphatic carbocycles. The van der Waals surface area contributed by atoms with E-state index in [-0.39, 0.29) is 17.1 Å². The van der Waals surface area contributed by atoms with E-state index in [1.807, 2.05) is 0 Å². The van der Waals surface area contributed by atoms with Gasteiger partial charge in [-0.25, -0.2) is 9.18 Å². The maximum Gasteiger partial charge on any atom is 0.344 e. The number of hydrogen-bond donors (Lipinski definition) is 1. The Bertz CT molecular complexity index is 675. The van der Waals surface area contributed by atoms with Crippen LogP contribution in [0.4, 0.5) is 4.39 Å². The van der Waals surface area contributed by atoms with Gasteiger partial charge in [0.1, 0.15) is 0 Å². The predicted molar refractivity (Wildman–Crippen MR) is 77.7 cm³/mol. The van der Waals surface area contributed by atoms with Crippen LogP contribution in [0.1, 0.15) is 10.4 Å². The molecule has 0 spiro atoms. The number of benzene rings is 2. The second-order valence-electron chi connectivity index (χ2n) is 4.07. The Balaban J connectivity index is 2.19. The van der Waals surface area contributed by atoms with Crippen LogP contribution in [0.2, 0.25) is 0 Å². The number of primary amides is 1. The monoisotopic (exact) mass is 305 g/mol. The van der Waals surface area contributed by atoms with Crippen LogP contribution in [0.3, 0.4) is 0 Å². The van der Waals surface area contributed by atoms with E-state index in [1.165, 1.54) is 18.2 Å². The normalized spacial score (nSPS) is 10.1. The SMILES string of the molecule is NC(=O)CSc1ccccc1C(=O)Oc1ccccc1F. The molecule has 0 radical (unpaired) electrons.